The van der Waals surface area contributed by atoms with Crippen molar-refractivity contribution in [1.29, 1.82) is 5.41 Å². The highest BCUT2D eigenvalue weighted by molar-refractivity contribution is 5.94. The summed E-state index contributed by atoms with van der Waals surface area (Å²) in [6, 6.07) is 3.66. The Bertz CT molecular complexity index is 291. The van der Waals surface area contributed by atoms with Gasteiger partial charge in [0.15, 0.2) is 0 Å². The molecule has 1 aromatic heterocycles. The van der Waals surface area contributed by atoms with Gasteiger partial charge in [0.1, 0.15) is 11.7 Å². The van der Waals surface area contributed by atoms with Crippen LogP contribution in [-0.4, -0.2) is 24.4 Å². The van der Waals surface area contributed by atoms with Crippen molar-refractivity contribution in [3.8, 4) is 0 Å². The number of hydrogen-bond donors (Lipinski definition) is 2. The molecule has 0 radical (unpaired) electrons. The molecule has 0 spiro atoms. The molecule has 1 rings (SSSR count). The summed E-state index contributed by atoms with van der Waals surface area (Å²) in [4.78, 5) is 6.19. The maximum Gasteiger partial charge on any atom is 0.128 e. The van der Waals surface area contributed by atoms with Crippen LogP contribution in [0.4, 0.5) is 5.82 Å². The van der Waals surface area contributed by atoms with Crippen molar-refractivity contribution >= 4 is 11.7 Å². The number of nitrogen functional groups attached to an aromatic ring is 1. The normalized spacial score (nSPS) is 9.69. The number of nitrogens with two attached hydrogens (primary N) is 1. The minimum Gasteiger partial charge on any atom is -0.384 e. The molecule has 13 heavy (non-hydrogen) atoms. The average molecular weight is 178 g/mol. The lowest BCUT2D eigenvalue weighted by Crippen LogP contribution is -2.18. The van der Waals surface area contributed by atoms with Crippen molar-refractivity contribution in [3.05, 3.63) is 23.9 Å². The fourth-order valence-electron chi connectivity index (χ4n) is 0.933. The molecule has 0 aliphatic rings. The Hall–Kier alpha value is -1.58. The van der Waals surface area contributed by atoms with Gasteiger partial charge in [-0.3, -0.25) is 5.41 Å². The average Bonchev–Trinajstić information content (AvgIpc) is 2.17. The Kier molecular flexibility index (Phi) is 2.84. The van der Waals surface area contributed by atoms with Gasteiger partial charge in [0, 0.05) is 25.4 Å². The molecule has 0 aliphatic carbocycles. The maximum atomic E-state index is 7.18. The lowest BCUT2D eigenvalue weighted by Gasteiger charge is -2.15. The minimum atomic E-state index is 0.0539. The first-order valence-electron chi connectivity index (χ1n) is 4.16. The number of anilines is 1. The van der Waals surface area contributed by atoms with Gasteiger partial charge in [-0.25, -0.2) is 4.98 Å². The summed E-state index contributed by atoms with van der Waals surface area (Å²) in [7, 11) is 1.97. The summed E-state index contributed by atoms with van der Waals surface area (Å²) in [5, 5.41) is 7.18. The Morgan fingerprint density at radius 2 is 2.31 bits per heavy atom. The van der Waals surface area contributed by atoms with Crippen molar-refractivity contribution in [1.82, 2.24) is 4.98 Å². The van der Waals surface area contributed by atoms with Crippen molar-refractivity contribution in [2.75, 3.05) is 18.5 Å². The molecule has 4 nitrogen and oxygen atoms in total. The van der Waals surface area contributed by atoms with E-state index in [0.717, 1.165) is 12.4 Å². The van der Waals surface area contributed by atoms with Crippen LogP contribution in [0.15, 0.2) is 18.3 Å². The SMILES string of the molecule is CCN(C)c1ccc(C(=N)N)cn1. The van der Waals surface area contributed by atoms with Gasteiger partial charge in [0.2, 0.25) is 0 Å². The molecule has 4 heteroatoms. The predicted octanol–water partition coefficient (Wildman–Crippen LogP) is 0.822. The fourth-order valence-corrected chi connectivity index (χ4v) is 0.933. The topological polar surface area (TPSA) is 66.0 Å². The number of rotatable bonds is 3. The summed E-state index contributed by atoms with van der Waals surface area (Å²) >= 11 is 0. The quantitative estimate of drug-likeness (QED) is 0.532. The summed E-state index contributed by atoms with van der Waals surface area (Å²) < 4.78 is 0. The molecule has 1 heterocycles. The highest BCUT2D eigenvalue weighted by atomic mass is 15.1. The van der Waals surface area contributed by atoms with Crippen molar-refractivity contribution < 1.29 is 0 Å². The Balaban J connectivity index is 2.87. The molecule has 1 aromatic rings. The van der Waals surface area contributed by atoms with E-state index in [1.807, 2.05) is 18.0 Å². The molecular weight excluding hydrogens is 164 g/mol. The molecule has 0 saturated carbocycles. The van der Waals surface area contributed by atoms with Gasteiger partial charge in [0.05, 0.1) is 0 Å². The third-order valence-electron chi connectivity index (χ3n) is 1.92. The third-order valence-corrected chi connectivity index (χ3v) is 1.92. The zero-order valence-electron chi connectivity index (χ0n) is 7.91. The second-order valence-corrected chi connectivity index (χ2v) is 2.83. The van der Waals surface area contributed by atoms with E-state index in [4.69, 9.17) is 11.1 Å². The second kappa shape index (κ2) is 3.89. The molecule has 0 aliphatic heterocycles. The van der Waals surface area contributed by atoms with Gasteiger partial charge in [0.25, 0.3) is 0 Å². The lowest BCUT2D eigenvalue weighted by molar-refractivity contribution is 0.938. The molecule has 0 amide bonds. The zero-order chi connectivity index (χ0) is 9.84. The van der Waals surface area contributed by atoms with Crippen LogP contribution in [0.3, 0.4) is 0 Å². The predicted molar refractivity (Wildman–Crippen MR) is 54.2 cm³/mol. The molecular formula is C9H14N4. The molecule has 0 bridgehead atoms. The first-order chi connectivity index (χ1) is 6.15. The monoisotopic (exact) mass is 178 g/mol. The second-order valence-electron chi connectivity index (χ2n) is 2.83. The molecule has 0 saturated heterocycles. The van der Waals surface area contributed by atoms with E-state index in [1.165, 1.54) is 0 Å². The highest BCUT2D eigenvalue weighted by Crippen LogP contribution is 2.08. The molecule has 0 atom stereocenters. The Labute approximate surface area is 77.9 Å². The minimum absolute atomic E-state index is 0.0539. The van der Waals surface area contributed by atoms with Crippen LogP contribution in [0.5, 0.6) is 0 Å². The molecule has 0 fully saturated rings. The number of pyridine rings is 1. The van der Waals surface area contributed by atoms with E-state index < -0.39 is 0 Å². The van der Waals surface area contributed by atoms with Gasteiger partial charge in [-0.2, -0.15) is 0 Å². The van der Waals surface area contributed by atoms with Crippen LogP contribution < -0.4 is 10.6 Å². The number of hydrogen-bond acceptors (Lipinski definition) is 3. The fraction of sp³-hybridized carbons (Fsp3) is 0.333. The smallest absolute Gasteiger partial charge is 0.128 e. The van der Waals surface area contributed by atoms with Crippen LogP contribution >= 0.6 is 0 Å². The first kappa shape index (κ1) is 9.51. The van der Waals surface area contributed by atoms with Gasteiger partial charge in [-0.1, -0.05) is 0 Å². The Morgan fingerprint density at radius 3 is 2.69 bits per heavy atom. The van der Waals surface area contributed by atoms with Crippen molar-refractivity contribution in [3.63, 3.8) is 0 Å². The van der Waals surface area contributed by atoms with E-state index in [0.29, 0.717) is 5.56 Å². The summed E-state index contributed by atoms with van der Waals surface area (Å²) in [5.41, 5.74) is 5.96. The van der Waals surface area contributed by atoms with Crippen LogP contribution in [0, 0.1) is 5.41 Å². The Morgan fingerprint density at radius 1 is 1.62 bits per heavy atom. The largest absolute Gasteiger partial charge is 0.384 e. The zero-order valence-corrected chi connectivity index (χ0v) is 7.91. The van der Waals surface area contributed by atoms with E-state index >= 15 is 0 Å². The van der Waals surface area contributed by atoms with Crippen LogP contribution in [0.2, 0.25) is 0 Å². The van der Waals surface area contributed by atoms with Crippen molar-refractivity contribution in [2.45, 2.75) is 6.92 Å². The van der Waals surface area contributed by atoms with Gasteiger partial charge < -0.3 is 10.6 Å². The molecule has 0 unspecified atom stereocenters. The van der Waals surface area contributed by atoms with E-state index in [-0.39, 0.29) is 5.84 Å². The third kappa shape index (κ3) is 2.18. The van der Waals surface area contributed by atoms with E-state index in [1.54, 1.807) is 12.3 Å². The molecule has 3 N–H and O–H groups in total. The standard InChI is InChI=1S/C9H14N4/c1-3-13(2)8-5-4-7(6-12-8)9(10)11/h4-6H,3H2,1-2H3,(H3,10,11). The van der Waals surface area contributed by atoms with Crippen LogP contribution in [0.1, 0.15) is 12.5 Å². The van der Waals surface area contributed by atoms with Gasteiger partial charge in [-0.15, -0.1) is 0 Å². The van der Waals surface area contributed by atoms with Gasteiger partial charge >= 0.3 is 0 Å². The van der Waals surface area contributed by atoms with Crippen molar-refractivity contribution in [2.24, 2.45) is 5.73 Å². The number of nitrogens with zero attached hydrogens (tertiary/aromatic N) is 2. The number of nitrogens with one attached hydrogen (secondary N) is 1. The summed E-state index contributed by atoms with van der Waals surface area (Å²) in [6.07, 6.45) is 1.61. The van der Waals surface area contributed by atoms with Crippen LogP contribution in [-0.2, 0) is 0 Å². The van der Waals surface area contributed by atoms with E-state index in [2.05, 4.69) is 11.9 Å². The highest BCUT2D eigenvalue weighted by Gasteiger charge is 2.00. The summed E-state index contributed by atoms with van der Waals surface area (Å²) in [6.45, 7) is 2.97. The van der Waals surface area contributed by atoms with E-state index in [9.17, 15) is 0 Å². The van der Waals surface area contributed by atoms with Crippen LogP contribution in [0.25, 0.3) is 0 Å². The van der Waals surface area contributed by atoms with Gasteiger partial charge in [-0.05, 0) is 19.1 Å². The maximum absolute atomic E-state index is 7.18. The summed E-state index contributed by atoms with van der Waals surface area (Å²) in [5.74, 6) is 0.950. The lowest BCUT2D eigenvalue weighted by atomic mass is 10.2. The number of amidine groups is 1. The first-order valence-corrected chi connectivity index (χ1v) is 4.16. The number of aromatic nitrogens is 1. The molecule has 0 aromatic carbocycles. The molecule has 70 valence electrons.